The summed E-state index contributed by atoms with van der Waals surface area (Å²) in [6, 6.07) is 6.10. The highest BCUT2D eigenvalue weighted by molar-refractivity contribution is 5.55. The van der Waals surface area contributed by atoms with Crippen molar-refractivity contribution in [3.05, 3.63) is 23.8 Å². The third-order valence-corrected chi connectivity index (χ3v) is 2.15. The van der Waals surface area contributed by atoms with E-state index in [0.717, 1.165) is 5.75 Å². The molecule has 0 aliphatic carbocycles. The van der Waals surface area contributed by atoms with E-state index >= 15 is 0 Å². The summed E-state index contributed by atoms with van der Waals surface area (Å²) < 4.78 is 5.18. The van der Waals surface area contributed by atoms with E-state index in [1.54, 1.807) is 7.11 Å². The summed E-state index contributed by atoms with van der Waals surface area (Å²) in [6.45, 7) is 4.35. The van der Waals surface area contributed by atoms with Crippen LogP contribution in [0.1, 0.15) is 25.3 Å². The summed E-state index contributed by atoms with van der Waals surface area (Å²) in [6.07, 6.45) is 0. The molecule has 72 valence electrons. The zero-order valence-electron chi connectivity index (χ0n) is 8.72. The van der Waals surface area contributed by atoms with Crippen molar-refractivity contribution >= 4 is 5.69 Å². The number of nitrogens with one attached hydrogen (secondary N) is 1. The lowest BCUT2D eigenvalue weighted by Crippen LogP contribution is -1.97. The molecule has 0 aliphatic rings. The highest BCUT2D eigenvalue weighted by Gasteiger charge is 2.06. The summed E-state index contributed by atoms with van der Waals surface area (Å²) in [4.78, 5) is 0. The van der Waals surface area contributed by atoms with Gasteiger partial charge < -0.3 is 10.1 Å². The normalized spacial score (nSPS) is 10.2. The van der Waals surface area contributed by atoms with Gasteiger partial charge in [-0.25, -0.2) is 0 Å². The number of benzene rings is 1. The molecule has 0 aromatic heterocycles. The van der Waals surface area contributed by atoms with E-state index in [4.69, 9.17) is 4.74 Å². The van der Waals surface area contributed by atoms with Crippen LogP contribution in [0, 0.1) is 0 Å². The van der Waals surface area contributed by atoms with E-state index in [2.05, 4.69) is 25.2 Å². The molecule has 0 amide bonds. The maximum absolute atomic E-state index is 5.18. The molecule has 0 unspecified atom stereocenters. The maximum atomic E-state index is 5.18. The summed E-state index contributed by atoms with van der Waals surface area (Å²) in [5, 5.41) is 3.17. The van der Waals surface area contributed by atoms with Crippen LogP contribution in [-0.4, -0.2) is 14.2 Å². The standard InChI is InChI=1S/C11H17NO/c1-8(2)10-7-9(13-4)5-6-11(10)12-3/h5-8,12H,1-4H3. The zero-order valence-corrected chi connectivity index (χ0v) is 8.72. The number of methoxy groups -OCH3 is 1. The Balaban J connectivity index is 3.10. The largest absolute Gasteiger partial charge is 0.497 e. The first-order valence-corrected chi connectivity index (χ1v) is 4.54. The SMILES string of the molecule is CNc1ccc(OC)cc1C(C)C. The number of ether oxygens (including phenoxy) is 1. The van der Waals surface area contributed by atoms with Crippen LogP contribution >= 0.6 is 0 Å². The first-order valence-electron chi connectivity index (χ1n) is 4.54. The molecular weight excluding hydrogens is 162 g/mol. The van der Waals surface area contributed by atoms with E-state index in [0.29, 0.717) is 5.92 Å². The molecule has 0 saturated heterocycles. The van der Waals surface area contributed by atoms with Crippen LogP contribution in [0.25, 0.3) is 0 Å². The van der Waals surface area contributed by atoms with E-state index in [-0.39, 0.29) is 0 Å². The van der Waals surface area contributed by atoms with Gasteiger partial charge in [0.05, 0.1) is 7.11 Å². The van der Waals surface area contributed by atoms with Gasteiger partial charge in [0, 0.05) is 12.7 Å². The van der Waals surface area contributed by atoms with Gasteiger partial charge in [0.25, 0.3) is 0 Å². The van der Waals surface area contributed by atoms with Gasteiger partial charge >= 0.3 is 0 Å². The van der Waals surface area contributed by atoms with Crippen molar-refractivity contribution in [2.75, 3.05) is 19.5 Å². The average Bonchev–Trinajstić information content (AvgIpc) is 2.16. The van der Waals surface area contributed by atoms with Crippen LogP contribution in [0.4, 0.5) is 5.69 Å². The van der Waals surface area contributed by atoms with E-state index < -0.39 is 0 Å². The van der Waals surface area contributed by atoms with Crippen LogP contribution in [0.15, 0.2) is 18.2 Å². The number of rotatable bonds is 3. The Morgan fingerprint density at radius 2 is 2.00 bits per heavy atom. The predicted octanol–water partition coefficient (Wildman–Crippen LogP) is 2.86. The molecule has 0 aliphatic heterocycles. The minimum atomic E-state index is 0.512. The van der Waals surface area contributed by atoms with Gasteiger partial charge in [0.2, 0.25) is 0 Å². The summed E-state index contributed by atoms with van der Waals surface area (Å²) >= 11 is 0. The molecule has 0 heterocycles. The first kappa shape index (κ1) is 9.90. The van der Waals surface area contributed by atoms with Crippen LogP contribution in [0.2, 0.25) is 0 Å². The molecule has 1 aromatic carbocycles. The van der Waals surface area contributed by atoms with Gasteiger partial charge in [-0.3, -0.25) is 0 Å². The Morgan fingerprint density at radius 3 is 2.46 bits per heavy atom. The minimum absolute atomic E-state index is 0.512. The maximum Gasteiger partial charge on any atom is 0.119 e. The van der Waals surface area contributed by atoms with Gasteiger partial charge in [0.15, 0.2) is 0 Å². The van der Waals surface area contributed by atoms with Gasteiger partial charge in [0.1, 0.15) is 5.75 Å². The molecule has 13 heavy (non-hydrogen) atoms. The van der Waals surface area contributed by atoms with Crippen molar-refractivity contribution in [3.8, 4) is 5.75 Å². The van der Waals surface area contributed by atoms with Crippen molar-refractivity contribution in [2.45, 2.75) is 19.8 Å². The van der Waals surface area contributed by atoms with Gasteiger partial charge in [-0.05, 0) is 29.7 Å². The summed E-state index contributed by atoms with van der Waals surface area (Å²) in [5.74, 6) is 1.43. The molecule has 1 rings (SSSR count). The van der Waals surface area contributed by atoms with Gasteiger partial charge in [-0.2, -0.15) is 0 Å². The second kappa shape index (κ2) is 4.17. The van der Waals surface area contributed by atoms with Crippen LogP contribution in [0.3, 0.4) is 0 Å². The molecule has 0 saturated carbocycles. The third kappa shape index (κ3) is 2.14. The molecule has 0 radical (unpaired) electrons. The highest BCUT2D eigenvalue weighted by atomic mass is 16.5. The first-order chi connectivity index (χ1) is 6.19. The average molecular weight is 179 g/mol. The lowest BCUT2D eigenvalue weighted by atomic mass is 10.0. The molecule has 0 atom stereocenters. The molecular formula is C11H17NO. The van der Waals surface area contributed by atoms with Crippen molar-refractivity contribution < 1.29 is 4.74 Å². The summed E-state index contributed by atoms with van der Waals surface area (Å²) in [5.41, 5.74) is 2.47. The fourth-order valence-corrected chi connectivity index (χ4v) is 1.37. The molecule has 1 aromatic rings. The Labute approximate surface area is 79.9 Å². The monoisotopic (exact) mass is 179 g/mol. The molecule has 2 heteroatoms. The van der Waals surface area contributed by atoms with E-state index in [1.165, 1.54) is 11.3 Å². The lowest BCUT2D eigenvalue weighted by molar-refractivity contribution is 0.414. The second-order valence-electron chi connectivity index (χ2n) is 3.36. The molecule has 0 fully saturated rings. The van der Waals surface area contributed by atoms with E-state index in [9.17, 15) is 0 Å². The topological polar surface area (TPSA) is 21.3 Å². The van der Waals surface area contributed by atoms with Gasteiger partial charge in [-0.15, -0.1) is 0 Å². The molecule has 2 nitrogen and oxygen atoms in total. The quantitative estimate of drug-likeness (QED) is 0.770. The van der Waals surface area contributed by atoms with Crippen molar-refractivity contribution in [1.29, 1.82) is 0 Å². The second-order valence-corrected chi connectivity index (χ2v) is 3.36. The van der Waals surface area contributed by atoms with Crippen molar-refractivity contribution in [3.63, 3.8) is 0 Å². The van der Waals surface area contributed by atoms with Crippen molar-refractivity contribution in [2.24, 2.45) is 0 Å². The molecule has 0 bridgehead atoms. The number of hydrogen-bond donors (Lipinski definition) is 1. The van der Waals surface area contributed by atoms with Crippen LogP contribution in [-0.2, 0) is 0 Å². The Morgan fingerprint density at radius 1 is 1.31 bits per heavy atom. The predicted molar refractivity (Wildman–Crippen MR) is 56.6 cm³/mol. The van der Waals surface area contributed by atoms with Crippen LogP contribution < -0.4 is 10.1 Å². The van der Waals surface area contributed by atoms with E-state index in [1.807, 2.05) is 19.2 Å². The van der Waals surface area contributed by atoms with Crippen LogP contribution in [0.5, 0.6) is 5.75 Å². The van der Waals surface area contributed by atoms with Gasteiger partial charge in [-0.1, -0.05) is 13.8 Å². The highest BCUT2D eigenvalue weighted by Crippen LogP contribution is 2.27. The zero-order chi connectivity index (χ0) is 9.84. The number of anilines is 1. The summed E-state index contributed by atoms with van der Waals surface area (Å²) in [7, 11) is 3.63. The Bertz CT molecular complexity index is 281. The fraction of sp³-hybridized carbons (Fsp3) is 0.455. The Kier molecular flexibility index (Phi) is 3.18. The smallest absolute Gasteiger partial charge is 0.119 e. The molecule has 1 N–H and O–H groups in total. The minimum Gasteiger partial charge on any atom is -0.497 e. The molecule has 0 spiro atoms. The fourth-order valence-electron chi connectivity index (χ4n) is 1.37. The lowest BCUT2D eigenvalue weighted by Gasteiger charge is -2.13. The third-order valence-electron chi connectivity index (χ3n) is 2.15. The van der Waals surface area contributed by atoms with Crippen molar-refractivity contribution in [1.82, 2.24) is 0 Å². The Hall–Kier alpha value is -1.18. The number of hydrogen-bond acceptors (Lipinski definition) is 2.